The fraction of sp³-hybridized carbons (Fsp3) is 0.286. The van der Waals surface area contributed by atoms with Crippen LogP contribution in [0.2, 0.25) is 0 Å². The van der Waals surface area contributed by atoms with Gasteiger partial charge >= 0.3 is 0 Å². The lowest BCUT2D eigenvalue weighted by atomic mass is 9.81. The number of aryl methyl sites for hydroxylation is 1. The Labute approximate surface area is 252 Å². The van der Waals surface area contributed by atoms with Crippen molar-refractivity contribution in [3.05, 3.63) is 120 Å². The lowest BCUT2D eigenvalue weighted by molar-refractivity contribution is 0.472. The number of fused-ring (bicyclic) bond motifs is 1. The van der Waals surface area contributed by atoms with Gasteiger partial charge in [-0.05, 0) is 80.5 Å². The molecule has 0 unspecified atom stereocenters. The van der Waals surface area contributed by atoms with Crippen LogP contribution < -0.4 is 5.32 Å². The maximum Gasteiger partial charge on any atom is 0.177 e. The van der Waals surface area contributed by atoms with Crippen molar-refractivity contribution in [2.24, 2.45) is 10.4 Å². The minimum atomic E-state index is -0.196. The van der Waals surface area contributed by atoms with Crippen LogP contribution in [0.25, 0.3) is 16.9 Å². The fourth-order valence-electron chi connectivity index (χ4n) is 5.32. The maximum absolute atomic E-state index is 5.08. The predicted molar refractivity (Wildman–Crippen MR) is 176 cm³/mol. The second-order valence-electron chi connectivity index (χ2n) is 11.0. The van der Waals surface area contributed by atoms with Crippen LogP contribution in [-0.4, -0.2) is 32.9 Å². The number of hydrogen-bond acceptors (Lipinski definition) is 4. The average Bonchev–Trinajstić information content (AvgIpc) is 3.67. The number of nitrogens with one attached hydrogen (secondary N) is 1. The van der Waals surface area contributed by atoms with Gasteiger partial charge in [0.05, 0.1) is 29.3 Å². The SMILES string of the molecule is C=CCC(C=C)(C=C)CCNc1cc(Cc2cccc(Br)c2)nn2c(-c3ccc(C(C)=NC4CC4)c(C)c3)cnc12. The van der Waals surface area contributed by atoms with E-state index in [1.54, 1.807) is 0 Å². The Bertz CT molecular complexity index is 1620. The molecule has 5 rings (SSSR count). The van der Waals surface area contributed by atoms with E-state index >= 15 is 0 Å². The molecule has 210 valence electrons. The van der Waals surface area contributed by atoms with E-state index < -0.39 is 0 Å². The molecule has 0 bridgehead atoms. The third-order valence-electron chi connectivity index (χ3n) is 7.87. The molecule has 5 nitrogen and oxygen atoms in total. The Morgan fingerprint density at radius 3 is 2.63 bits per heavy atom. The summed E-state index contributed by atoms with van der Waals surface area (Å²) in [6.07, 6.45) is 12.6. The molecule has 0 amide bonds. The molecule has 2 heterocycles. The Morgan fingerprint density at radius 1 is 1.15 bits per heavy atom. The zero-order chi connectivity index (χ0) is 29.0. The van der Waals surface area contributed by atoms with E-state index in [-0.39, 0.29) is 5.41 Å². The molecular formula is C35H38BrN5. The number of benzene rings is 2. The molecule has 0 atom stereocenters. The number of halogens is 1. The molecule has 1 aliphatic rings. The Hall–Kier alpha value is -3.77. The highest BCUT2D eigenvalue weighted by atomic mass is 79.9. The van der Waals surface area contributed by atoms with E-state index in [1.165, 1.54) is 29.5 Å². The quantitative estimate of drug-likeness (QED) is 0.122. The second kappa shape index (κ2) is 12.4. The Kier molecular flexibility index (Phi) is 8.69. The standard InChI is InChI=1S/C35H38BrN5/c1-6-16-35(7-2,8-3)17-18-37-32-22-30(21-26-10-9-11-28(36)20-26)40-41-33(23-38-34(32)41)27-12-15-31(24(4)19-27)25(5)39-29-13-14-29/h6-12,15,19-20,22-23,29,37H,1-3,13-14,16-18,21H2,4-5H3. The van der Waals surface area contributed by atoms with Crippen molar-refractivity contribution in [3.63, 3.8) is 0 Å². The largest absolute Gasteiger partial charge is 0.382 e. The van der Waals surface area contributed by atoms with Gasteiger partial charge in [0.15, 0.2) is 5.65 Å². The lowest BCUT2D eigenvalue weighted by Gasteiger charge is -2.25. The minimum absolute atomic E-state index is 0.196. The van der Waals surface area contributed by atoms with Crippen LogP contribution in [0.3, 0.4) is 0 Å². The minimum Gasteiger partial charge on any atom is -0.382 e. The number of aliphatic imine (C=N–C) groups is 1. The number of nitrogens with zero attached hydrogens (tertiary/aromatic N) is 4. The summed E-state index contributed by atoms with van der Waals surface area (Å²) in [5.74, 6) is 0. The second-order valence-corrected chi connectivity index (χ2v) is 11.9. The molecule has 1 fully saturated rings. The molecule has 41 heavy (non-hydrogen) atoms. The predicted octanol–water partition coefficient (Wildman–Crippen LogP) is 8.77. The molecular weight excluding hydrogens is 570 g/mol. The summed E-state index contributed by atoms with van der Waals surface area (Å²) < 4.78 is 3.04. The van der Waals surface area contributed by atoms with Crippen LogP contribution in [0.4, 0.5) is 5.69 Å². The molecule has 0 radical (unpaired) electrons. The summed E-state index contributed by atoms with van der Waals surface area (Å²) in [4.78, 5) is 9.69. The van der Waals surface area contributed by atoms with Crippen LogP contribution in [0.5, 0.6) is 0 Å². The normalized spacial score (nSPS) is 13.8. The first-order chi connectivity index (χ1) is 19.8. The van der Waals surface area contributed by atoms with Gasteiger partial charge in [-0.1, -0.05) is 58.4 Å². The van der Waals surface area contributed by atoms with Crippen LogP contribution in [0.1, 0.15) is 55.0 Å². The Morgan fingerprint density at radius 2 is 1.95 bits per heavy atom. The van der Waals surface area contributed by atoms with Crippen LogP contribution in [0, 0.1) is 12.3 Å². The summed E-state index contributed by atoms with van der Waals surface area (Å²) in [6.45, 7) is 17.1. The van der Waals surface area contributed by atoms with Gasteiger partial charge in [0, 0.05) is 34.1 Å². The molecule has 1 N–H and O–H groups in total. The number of hydrogen-bond donors (Lipinski definition) is 1. The van der Waals surface area contributed by atoms with Gasteiger partial charge in [-0.3, -0.25) is 4.99 Å². The molecule has 2 aromatic carbocycles. The molecule has 0 spiro atoms. The van der Waals surface area contributed by atoms with E-state index in [2.05, 4.69) is 97.3 Å². The highest BCUT2D eigenvalue weighted by Gasteiger charge is 2.22. The number of imidazole rings is 1. The van der Waals surface area contributed by atoms with Crippen molar-refractivity contribution in [2.75, 3.05) is 11.9 Å². The molecule has 1 aliphatic carbocycles. The lowest BCUT2D eigenvalue weighted by Crippen LogP contribution is -2.19. The monoisotopic (exact) mass is 607 g/mol. The first kappa shape index (κ1) is 28.7. The average molecular weight is 609 g/mol. The first-order valence-corrected chi connectivity index (χ1v) is 15.0. The molecule has 0 saturated heterocycles. The number of allylic oxidation sites excluding steroid dienone is 3. The van der Waals surface area contributed by atoms with Gasteiger partial charge in [0.1, 0.15) is 0 Å². The van der Waals surface area contributed by atoms with Crippen LogP contribution in [-0.2, 0) is 6.42 Å². The number of aromatic nitrogens is 3. The number of anilines is 1. The van der Waals surface area contributed by atoms with Gasteiger partial charge < -0.3 is 5.32 Å². The van der Waals surface area contributed by atoms with E-state index in [0.717, 1.165) is 57.9 Å². The van der Waals surface area contributed by atoms with Crippen molar-refractivity contribution in [1.82, 2.24) is 14.6 Å². The van der Waals surface area contributed by atoms with Gasteiger partial charge in [-0.2, -0.15) is 5.10 Å². The summed E-state index contributed by atoms with van der Waals surface area (Å²) in [7, 11) is 0. The molecule has 1 saturated carbocycles. The number of rotatable bonds is 13. The maximum atomic E-state index is 5.08. The van der Waals surface area contributed by atoms with E-state index in [4.69, 9.17) is 15.1 Å². The highest BCUT2D eigenvalue weighted by molar-refractivity contribution is 9.10. The summed E-state index contributed by atoms with van der Waals surface area (Å²) >= 11 is 3.60. The molecule has 4 aromatic rings. The molecule has 2 aromatic heterocycles. The van der Waals surface area contributed by atoms with Crippen molar-refractivity contribution in [3.8, 4) is 11.3 Å². The Balaban J connectivity index is 1.51. The smallest absolute Gasteiger partial charge is 0.177 e. The van der Waals surface area contributed by atoms with Gasteiger partial charge in [0.2, 0.25) is 0 Å². The topological polar surface area (TPSA) is 54.6 Å². The fourth-order valence-corrected chi connectivity index (χ4v) is 5.77. The van der Waals surface area contributed by atoms with Crippen molar-refractivity contribution in [1.29, 1.82) is 0 Å². The summed E-state index contributed by atoms with van der Waals surface area (Å²) in [5.41, 5.74) is 9.28. The zero-order valence-electron chi connectivity index (χ0n) is 24.0. The van der Waals surface area contributed by atoms with Crippen LogP contribution >= 0.6 is 15.9 Å². The van der Waals surface area contributed by atoms with Gasteiger partial charge in [0.25, 0.3) is 0 Å². The van der Waals surface area contributed by atoms with Crippen molar-refractivity contribution >= 4 is 33.0 Å². The highest BCUT2D eigenvalue weighted by Crippen LogP contribution is 2.32. The van der Waals surface area contributed by atoms with Crippen LogP contribution in [0.15, 0.2) is 102 Å². The summed E-state index contributed by atoms with van der Waals surface area (Å²) in [6, 6.07) is 17.6. The third kappa shape index (κ3) is 6.59. The molecule has 0 aliphatic heterocycles. The van der Waals surface area contributed by atoms with Crippen molar-refractivity contribution in [2.45, 2.75) is 52.0 Å². The zero-order valence-corrected chi connectivity index (χ0v) is 25.6. The van der Waals surface area contributed by atoms with Crippen molar-refractivity contribution < 1.29 is 0 Å². The van der Waals surface area contributed by atoms with E-state index in [9.17, 15) is 0 Å². The van der Waals surface area contributed by atoms with E-state index in [0.29, 0.717) is 12.5 Å². The third-order valence-corrected chi connectivity index (χ3v) is 8.36. The van der Waals surface area contributed by atoms with Gasteiger partial charge in [-0.15, -0.1) is 19.7 Å². The van der Waals surface area contributed by atoms with E-state index in [1.807, 2.05) is 35.0 Å². The summed E-state index contributed by atoms with van der Waals surface area (Å²) in [5, 5.41) is 8.73. The first-order valence-electron chi connectivity index (χ1n) is 14.2. The van der Waals surface area contributed by atoms with Gasteiger partial charge in [-0.25, -0.2) is 9.50 Å². The molecule has 6 heteroatoms.